The van der Waals surface area contributed by atoms with E-state index in [4.69, 9.17) is 27.6 Å². The normalized spacial score (nSPS) is 15.8. The maximum absolute atomic E-state index is 12.4. The van der Waals surface area contributed by atoms with Crippen LogP contribution in [-0.2, 0) is 6.42 Å². The number of urea groups is 1. The lowest BCUT2D eigenvalue weighted by molar-refractivity contribution is 0.0958. The molecule has 1 aromatic carbocycles. The van der Waals surface area contributed by atoms with Crippen molar-refractivity contribution in [1.29, 1.82) is 0 Å². The van der Waals surface area contributed by atoms with Gasteiger partial charge in [0.25, 0.3) is 0 Å². The Labute approximate surface area is 170 Å². The first-order valence-corrected chi connectivity index (χ1v) is 9.21. The van der Waals surface area contributed by atoms with E-state index in [9.17, 15) is 9.59 Å². The summed E-state index contributed by atoms with van der Waals surface area (Å²) in [6.45, 7) is 0. The van der Waals surface area contributed by atoms with E-state index in [1.807, 2.05) is 6.07 Å². The van der Waals surface area contributed by atoms with Crippen molar-refractivity contribution < 1.29 is 14.0 Å². The molecule has 2 N–H and O–H groups in total. The zero-order chi connectivity index (χ0) is 19.7. The molecule has 1 aliphatic rings. The highest BCUT2D eigenvalue weighted by atomic mass is 35.5. The van der Waals surface area contributed by atoms with Crippen LogP contribution >= 0.6 is 23.2 Å². The summed E-state index contributed by atoms with van der Waals surface area (Å²) >= 11 is 11.8. The third-order valence-electron chi connectivity index (χ3n) is 4.39. The van der Waals surface area contributed by atoms with Gasteiger partial charge in [-0.2, -0.15) is 0 Å². The second-order valence-electron chi connectivity index (χ2n) is 6.31. The van der Waals surface area contributed by atoms with Crippen LogP contribution in [0.3, 0.4) is 0 Å². The number of anilines is 2. The smallest absolute Gasteiger partial charge is 0.326 e. The largest absolute Gasteiger partial charge is 0.469 e. The number of rotatable bonds is 3. The van der Waals surface area contributed by atoms with E-state index in [1.165, 1.54) is 12.3 Å². The molecule has 2 aromatic heterocycles. The third kappa shape index (κ3) is 3.85. The Bertz CT molecular complexity index is 1050. The monoisotopic (exact) mass is 416 g/mol. The molecule has 0 unspecified atom stereocenters. The van der Waals surface area contributed by atoms with Crippen LogP contribution in [0.2, 0.25) is 10.0 Å². The summed E-state index contributed by atoms with van der Waals surface area (Å²) in [6, 6.07) is 7.82. The zero-order valence-electron chi connectivity index (χ0n) is 14.4. The standard InChI is InChI=1S/C19H14Cl2N4O3/c20-13-4-3-11(8-14(13)21)23-19(27)25-18-22-9-12-15(24-18)6-10(7-16(12)26)17-2-1-5-28-17/h1-5,8-10H,6-7H2,(H2,22,23,24,25,27)/t10-/m0/s1. The summed E-state index contributed by atoms with van der Waals surface area (Å²) in [5.74, 6) is 0.714. The van der Waals surface area contributed by atoms with Gasteiger partial charge in [0, 0.05) is 30.6 Å². The van der Waals surface area contributed by atoms with Crippen LogP contribution in [0.1, 0.15) is 34.2 Å². The highest BCUT2D eigenvalue weighted by molar-refractivity contribution is 6.42. The van der Waals surface area contributed by atoms with Gasteiger partial charge in [-0.25, -0.2) is 14.8 Å². The number of amides is 2. The Morgan fingerprint density at radius 3 is 2.75 bits per heavy atom. The minimum Gasteiger partial charge on any atom is -0.469 e. The number of ketones is 1. The predicted molar refractivity (Wildman–Crippen MR) is 105 cm³/mol. The summed E-state index contributed by atoms with van der Waals surface area (Å²) in [5.41, 5.74) is 1.52. The maximum Gasteiger partial charge on any atom is 0.326 e. The molecule has 0 fully saturated rings. The number of Topliss-reactive ketones (excluding diaryl/α,β-unsaturated/α-hetero) is 1. The van der Waals surface area contributed by atoms with E-state index < -0.39 is 6.03 Å². The van der Waals surface area contributed by atoms with Crippen LogP contribution in [0.4, 0.5) is 16.4 Å². The quantitative estimate of drug-likeness (QED) is 0.630. The number of carbonyl (C=O) groups is 2. The average Bonchev–Trinajstić information content (AvgIpc) is 3.19. The number of furan rings is 1. The fraction of sp³-hybridized carbons (Fsp3) is 0.158. The fourth-order valence-corrected chi connectivity index (χ4v) is 3.37. The third-order valence-corrected chi connectivity index (χ3v) is 5.13. The number of carbonyl (C=O) groups excluding carboxylic acids is 2. The molecule has 7 nitrogen and oxygen atoms in total. The molecule has 4 rings (SSSR count). The predicted octanol–water partition coefficient (Wildman–Crippen LogP) is 4.93. The van der Waals surface area contributed by atoms with Crippen LogP contribution in [-0.4, -0.2) is 21.8 Å². The van der Waals surface area contributed by atoms with Gasteiger partial charge in [0.2, 0.25) is 5.95 Å². The molecule has 0 saturated heterocycles. The molecule has 142 valence electrons. The number of benzene rings is 1. The number of hydrogen-bond acceptors (Lipinski definition) is 5. The van der Waals surface area contributed by atoms with E-state index in [1.54, 1.807) is 24.5 Å². The van der Waals surface area contributed by atoms with Gasteiger partial charge in [-0.05, 0) is 30.3 Å². The number of nitrogens with one attached hydrogen (secondary N) is 2. The van der Waals surface area contributed by atoms with E-state index in [0.717, 1.165) is 5.76 Å². The summed E-state index contributed by atoms with van der Waals surface area (Å²) < 4.78 is 5.42. The van der Waals surface area contributed by atoms with Crippen molar-refractivity contribution in [2.75, 3.05) is 10.6 Å². The Hall–Kier alpha value is -2.90. The summed E-state index contributed by atoms with van der Waals surface area (Å²) in [5, 5.41) is 5.90. The van der Waals surface area contributed by atoms with Gasteiger partial charge in [-0.1, -0.05) is 23.2 Å². The fourth-order valence-electron chi connectivity index (χ4n) is 3.07. The first-order valence-electron chi connectivity index (χ1n) is 8.45. The lowest BCUT2D eigenvalue weighted by atomic mass is 9.85. The minimum absolute atomic E-state index is 0.0468. The van der Waals surface area contributed by atoms with Crippen molar-refractivity contribution in [2.45, 2.75) is 18.8 Å². The number of hydrogen-bond donors (Lipinski definition) is 2. The molecule has 0 aliphatic heterocycles. The second kappa shape index (κ2) is 7.61. The molecule has 3 aromatic rings. The van der Waals surface area contributed by atoms with Crippen LogP contribution in [0.15, 0.2) is 47.2 Å². The molecule has 0 spiro atoms. The highest BCUT2D eigenvalue weighted by Gasteiger charge is 2.29. The topological polar surface area (TPSA) is 97.1 Å². The van der Waals surface area contributed by atoms with Gasteiger partial charge < -0.3 is 9.73 Å². The molecule has 2 heterocycles. The van der Waals surface area contributed by atoms with Crippen LogP contribution in [0.5, 0.6) is 0 Å². The SMILES string of the molecule is O=C(Nc1ccc(Cl)c(Cl)c1)Nc1ncc2c(n1)C[C@H](c1ccco1)CC2=O. The number of nitrogens with zero attached hydrogens (tertiary/aromatic N) is 2. The molecular formula is C19H14Cl2N4O3. The van der Waals surface area contributed by atoms with Gasteiger partial charge in [0.1, 0.15) is 5.76 Å². The number of fused-ring (bicyclic) bond motifs is 1. The highest BCUT2D eigenvalue weighted by Crippen LogP contribution is 2.32. The Kier molecular flexibility index (Phi) is 5.02. The van der Waals surface area contributed by atoms with Crippen molar-refractivity contribution in [3.05, 3.63) is 69.9 Å². The molecule has 28 heavy (non-hydrogen) atoms. The Morgan fingerprint density at radius 1 is 1.14 bits per heavy atom. The molecule has 0 bridgehead atoms. The molecule has 1 atom stereocenters. The van der Waals surface area contributed by atoms with E-state index in [-0.39, 0.29) is 17.6 Å². The number of halogens is 2. The van der Waals surface area contributed by atoms with Crippen molar-refractivity contribution >= 4 is 46.7 Å². The molecule has 2 amide bonds. The van der Waals surface area contributed by atoms with Crippen molar-refractivity contribution in [3.8, 4) is 0 Å². The van der Waals surface area contributed by atoms with Gasteiger partial charge in [0.15, 0.2) is 5.78 Å². The van der Waals surface area contributed by atoms with Crippen LogP contribution in [0.25, 0.3) is 0 Å². The Morgan fingerprint density at radius 2 is 2.00 bits per heavy atom. The lowest BCUT2D eigenvalue weighted by Crippen LogP contribution is -2.24. The van der Waals surface area contributed by atoms with E-state index >= 15 is 0 Å². The van der Waals surface area contributed by atoms with E-state index in [0.29, 0.717) is 39.8 Å². The van der Waals surface area contributed by atoms with Gasteiger partial charge in [-0.3, -0.25) is 10.1 Å². The number of aromatic nitrogens is 2. The molecule has 0 saturated carbocycles. The van der Waals surface area contributed by atoms with Crippen molar-refractivity contribution in [1.82, 2.24) is 9.97 Å². The van der Waals surface area contributed by atoms with E-state index in [2.05, 4.69) is 20.6 Å². The van der Waals surface area contributed by atoms with Crippen LogP contribution < -0.4 is 10.6 Å². The van der Waals surface area contributed by atoms with Gasteiger partial charge in [0.05, 0.1) is 27.6 Å². The summed E-state index contributed by atoms with van der Waals surface area (Å²) in [4.78, 5) is 33.0. The summed E-state index contributed by atoms with van der Waals surface area (Å²) in [6.07, 6.45) is 3.89. The van der Waals surface area contributed by atoms with Crippen molar-refractivity contribution in [3.63, 3.8) is 0 Å². The van der Waals surface area contributed by atoms with Gasteiger partial charge in [-0.15, -0.1) is 0 Å². The molecular weight excluding hydrogens is 403 g/mol. The second-order valence-corrected chi connectivity index (χ2v) is 7.12. The lowest BCUT2D eigenvalue weighted by Gasteiger charge is -2.21. The maximum atomic E-state index is 12.4. The first-order chi connectivity index (χ1) is 13.5. The first kappa shape index (κ1) is 18.5. The summed E-state index contributed by atoms with van der Waals surface area (Å²) in [7, 11) is 0. The van der Waals surface area contributed by atoms with Gasteiger partial charge >= 0.3 is 6.03 Å². The van der Waals surface area contributed by atoms with Crippen molar-refractivity contribution in [2.24, 2.45) is 0 Å². The van der Waals surface area contributed by atoms with Crippen LogP contribution in [0, 0.1) is 0 Å². The Balaban J connectivity index is 1.49. The average molecular weight is 417 g/mol. The molecule has 9 heteroatoms. The minimum atomic E-state index is -0.539. The molecule has 1 aliphatic carbocycles. The molecule has 0 radical (unpaired) electrons. The zero-order valence-corrected chi connectivity index (χ0v) is 15.9.